The number of nitrogens with two attached hydrogens (primary N) is 1. The third-order valence-electron chi connectivity index (χ3n) is 3.40. The molecule has 0 saturated carbocycles. The van der Waals surface area contributed by atoms with E-state index in [0.29, 0.717) is 0 Å². The number of carbonyl (C=O) groups is 1. The molecule has 10 heteroatoms. The first-order valence-electron chi connectivity index (χ1n) is 6.66. The highest BCUT2D eigenvalue weighted by Gasteiger charge is 2.43. The van der Waals surface area contributed by atoms with E-state index < -0.39 is 42.8 Å². The Labute approximate surface area is 130 Å². The lowest BCUT2D eigenvalue weighted by Crippen LogP contribution is -2.36. The van der Waals surface area contributed by atoms with Gasteiger partial charge in [0.25, 0.3) is 0 Å². The van der Waals surface area contributed by atoms with Crippen LogP contribution < -0.4 is 11.4 Å². The average molecular weight is 327 g/mol. The van der Waals surface area contributed by atoms with Gasteiger partial charge in [-0.15, -0.1) is 0 Å². The Hall–Kier alpha value is -2.27. The molecule has 5 N–H and O–H groups in total. The molecule has 1 aromatic heterocycles. The molecule has 0 bridgehead atoms. The van der Waals surface area contributed by atoms with Crippen molar-refractivity contribution in [3.05, 3.63) is 28.3 Å². The second-order valence-electron chi connectivity index (χ2n) is 4.86. The van der Waals surface area contributed by atoms with Gasteiger partial charge in [-0.25, -0.2) is 9.59 Å². The van der Waals surface area contributed by atoms with Gasteiger partial charge >= 0.3 is 11.7 Å². The van der Waals surface area contributed by atoms with Crippen LogP contribution in [0.1, 0.15) is 11.8 Å². The Morgan fingerprint density at radius 2 is 2.22 bits per heavy atom. The van der Waals surface area contributed by atoms with E-state index in [4.69, 9.17) is 15.6 Å². The number of methoxy groups -OCH3 is 1. The molecule has 0 radical (unpaired) electrons. The second-order valence-corrected chi connectivity index (χ2v) is 4.86. The van der Waals surface area contributed by atoms with Crippen molar-refractivity contribution in [2.75, 3.05) is 19.5 Å². The lowest BCUT2D eigenvalue weighted by Gasteiger charge is -2.18. The van der Waals surface area contributed by atoms with E-state index in [1.165, 1.54) is 19.4 Å². The molecule has 1 aliphatic rings. The zero-order chi connectivity index (χ0) is 17.1. The van der Waals surface area contributed by atoms with Crippen LogP contribution in [0.3, 0.4) is 0 Å². The van der Waals surface area contributed by atoms with E-state index in [2.05, 4.69) is 9.72 Å². The van der Waals surface area contributed by atoms with Crippen molar-refractivity contribution >= 4 is 17.9 Å². The van der Waals surface area contributed by atoms with E-state index >= 15 is 0 Å². The van der Waals surface area contributed by atoms with Crippen LogP contribution in [0.15, 0.2) is 17.1 Å². The van der Waals surface area contributed by atoms with Crippen LogP contribution in [0.4, 0.5) is 5.82 Å². The fraction of sp³-hybridized carbons (Fsp3) is 0.462. The average Bonchev–Trinajstić information content (AvgIpc) is 2.81. The van der Waals surface area contributed by atoms with Crippen molar-refractivity contribution in [1.82, 2.24) is 9.55 Å². The number of aromatic nitrogens is 2. The van der Waals surface area contributed by atoms with Gasteiger partial charge in [-0.1, -0.05) is 0 Å². The SMILES string of the molecule is COC(=O)C=Cc1cn([C@@H]2O[C@H](CO)[C@@H](O)[C@H]2O)c(=O)nc1N. The van der Waals surface area contributed by atoms with Crippen LogP contribution in [-0.2, 0) is 14.3 Å². The number of hydrogen-bond donors (Lipinski definition) is 4. The molecule has 2 rings (SSSR count). The fourth-order valence-corrected chi connectivity index (χ4v) is 2.14. The maximum Gasteiger partial charge on any atom is 0.351 e. The summed E-state index contributed by atoms with van der Waals surface area (Å²) in [5, 5.41) is 28.8. The van der Waals surface area contributed by atoms with E-state index in [9.17, 15) is 19.8 Å². The summed E-state index contributed by atoms with van der Waals surface area (Å²) in [6, 6.07) is 0. The van der Waals surface area contributed by atoms with Crippen molar-refractivity contribution in [2.45, 2.75) is 24.5 Å². The predicted molar refractivity (Wildman–Crippen MR) is 77.0 cm³/mol. The minimum atomic E-state index is -1.44. The van der Waals surface area contributed by atoms with E-state index in [1.54, 1.807) is 0 Å². The molecule has 1 saturated heterocycles. The monoisotopic (exact) mass is 327 g/mol. The van der Waals surface area contributed by atoms with Gasteiger partial charge in [0.1, 0.15) is 24.1 Å². The summed E-state index contributed by atoms with van der Waals surface area (Å²) in [6.45, 7) is -0.527. The third-order valence-corrected chi connectivity index (χ3v) is 3.40. The highest BCUT2D eigenvalue weighted by Crippen LogP contribution is 2.28. The summed E-state index contributed by atoms with van der Waals surface area (Å²) in [4.78, 5) is 26.6. The van der Waals surface area contributed by atoms with Gasteiger partial charge in [0, 0.05) is 17.8 Å². The summed E-state index contributed by atoms with van der Waals surface area (Å²) < 4.78 is 10.6. The van der Waals surface area contributed by atoms with Crippen LogP contribution >= 0.6 is 0 Å². The van der Waals surface area contributed by atoms with Crippen molar-refractivity contribution in [3.8, 4) is 0 Å². The minimum Gasteiger partial charge on any atom is -0.466 e. The molecule has 0 aliphatic carbocycles. The Balaban J connectivity index is 2.38. The van der Waals surface area contributed by atoms with Crippen LogP contribution in [0, 0.1) is 0 Å². The number of nitrogen functional groups attached to an aromatic ring is 1. The van der Waals surface area contributed by atoms with Crippen LogP contribution in [0.5, 0.6) is 0 Å². The van der Waals surface area contributed by atoms with Gasteiger partial charge in [-0.3, -0.25) is 4.57 Å². The van der Waals surface area contributed by atoms with E-state index in [1.807, 2.05) is 0 Å². The normalized spacial score (nSPS) is 27.5. The first kappa shape index (κ1) is 17.1. The molecule has 0 unspecified atom stereocenters. The first-order valence-corrected chi connectivity index (χ1v) is 6.66. The molecule has 4 atom stereocenters. The number of aliphatic hydroxyl groups excluding tert-OH is 3. The molecule has 1 fully saturated rings. The van der Waals surface area contributed by atoms with Gasteiger partial charge in [0.15, 0.2) is 6.23 Å². The Bertz CT molecular complexity index is 672. The Morgan fingerprint density at radius 1 is 1.52 bits per heavy atom. The zero-order valence-electron chi connectivity index (χ0n) is 12.2. The highest BCUT2D eigenvalue weighted by atomic mass is 16.6. The zero-order valence-corrected chi connectivity index (χ0v) is 12.2. The lowest BCUT2D eigenvalue weighted by atomic mass is 10.1. The van der Waals surface area contributed by atoms with Gasteiger partial charge in [0.2, 0.25) is 0 Å². The van der Waals surface area contributed by atoms with E-state index in [0.717, 1.165) is 10.6 Å². The summed E-state index contributed by atoms with van der Waals surface area (Å²) >= 11 is 0. The molecule has 23 heavy (non-hydrogen) atoms. The molecule has 1 aliphatic heterocycles. The van der Waals surface area contributed by atoms with Gasteiger partial charge in [-0.2, -0.15) is 4.98 Å². The van der Waals surface area contributed by atoms with Crippen LogP contribution in [0.25, 0.3) is 6.08 Å². The van der Waals surface area contributed by atoms with Crippen molar-refractivity contribution < 1.29 is 29.6 Å². The number of carbonyl (C=O) groups excluding carboxylic acids is 1. The molecular weight excluding hydrogens is 310 g/mol. The maximum atomic E-state index is 11.9. The molecular formula is C13H17N3O7. The second kappa shape index (κ2) is 6.87. The molecule has 2 heterocycles. The fourth-order valence-electron chi connectivity index (χ4n) is 2.14. The topological polar surface area (TPSA) is 157 Å². The molecule has 10 nitrogen and oxygen atoms in total. The number of esters is 1. The molecule has 1 aromatic rings. The van der Waals surface area contributed by atoms with Gasteiger partial charge in [-0.05, 0) is 6.08 Å². The summed E-state index contributed by atoms with van der Waals surface area (Å²) in [6.07, 6.45) is -1.48. The summed E-state index contributed by atoms with van der Waals surface area (Å²) in [7, 11) is 1.20. The van der Waals surface area contributed by atoms with E-state index in [-0.39, 0.29) is 11.4 Å². The number of ether oxygens (including phenoxy) is 2. The first-order chi connectivity index (χ1) is 10.9. The van der Waals surface area contributed by atoms with Gasteiger partial charge in [0.05, 0.1) is 13.7 Å². The standard InChI is InChI=1S/C13H17N3O7/c1-22-8(18)3-2-6-4-16(13(21)15-11(6)14)12-10(20)9(19)7(5-17)23-12/h2-4,7,9-10,12,17,19-20H,5H2,1H3,(H2,14,15,21)/t7-,9-,10-,12-/m1/s1. The Morgan fingerprint density at radius 3 is 2.78 bits per heavy atom. The summed E-state index contributed by atoms with van der Waals surface area (Å²) in [5.41, 5.74) is 5.01. The van der Waals surface area contributed by atoms with Crippen molar-refractivity contribution in [3.63, 3.8) is 0 Å². The maximum absolute atomic E-state index is 11.9. The number of anilines is 1. The quantitative estimate of drug-likeness (QED) is 0.350. The lowest BCUT2D eigenvalue weighted by molar-refractivity contribution is -0.134. The van der Waals surface area contributed by atoms with Crippen molar-refractivity contribution in [2.24, 2.45) is 0 Å². The molecule has 0 aromatic carbocycles. The van der Waals surface area contributed by atoms with Crippen molar-refractivity contribution in [1.29, 1.82) is 0 Å². The number of rotatable bonds is 4. The minimum absolute atomic E-state index is 0.127. The smallest absolute Gasteiger partial charge is 0.351 e. The van der Waals surface area contributed by atoms with Crippen LogP contribution in [-0.4, -0.2) is 62.9 Å². The molecule has 0 spiro atoms. The third kappa shape index (κ3) is 3.40. The van der Waals surface area contributed by atoms with Gasteiger partial charge < -0.3 is 30.5 Å². The highest BCUT2D eigenvalue weighted by molar-refractivity contribution is 5.87. The number of nitrogens with zero attached hydrogens (tertiary/aromatic N) is 2. The number of aliphatic hydroxyl groups is 3. The molecule has 126 valence electrons. The molecule has 0 amide bonds. The van der Waals surface area contributed by atoms with Crippen LogP contribution in [0.2, 0.25) is 0 Å². The predicted octanol–water partition coefficient (Wildman–Crippen LogP) is -2.38. The number of hydrogen-bond acceptors (Lipinski definition) is 9. The Kier molecular flexibility index (Phi) is 5.11. The summed E-state index contributed by atoms with van der Waals surface area (Å²) in [5.74, 6) is -0.756. The largest absolute Gasteiger partial charge is 0.466 e.